The van der Waals surface area contributed by atoms with Gasteiger partial charge in [0.15, 0.2) is 0 Å². The number of carbonyl (C=O) groups excluding carboxylic acids is 4. The molecule has 0 atom stereocenters. The molecule has 47 heavy (non-hydrogen) atoms. The van der Waals surface area contributed by atoms with Crippen molar-refractivity contribution in [1.82, 2.24) is 0 Å². The van der Waals surface area contributed by atoms with Gasteiger partial charge >= 0.3 is 24.2 Å². The third-order valence-electron chi connectivity index (χ3n) is 8.07. The van der Waals surface area contributed by atoms with E-state index in [1.807, 2.05) is 27.7 Å². The van der Waals surface area contributed by atoms with Gasteiger partial charge in [0.1, 0.15) is 23.7 Å². The molecule has 0 bridgehead atoms. The van der Waals surface area contributed by atoms with Crippen LogP contribution in [0.25, 0.3) is 0 Å². The minimum atomic E-state index is -1.04. The fourth-order valence-electron chi connectivity index (χ4n) is 5.88. The lowest BCUT2D eigenvalue weighted by Crippen LogP contribution is -2.28. The number of benzene rings is 2. The quantitative estimate of drug-likeness (QED) is 0.139. The summed E-state index contributed by atoms with van der Waals surface area (Å²) in [7, 11) is 0. The van der Waals surface area contributed by atoms with Crippen LogP contribution in [0.4, 0.5) is 9.59 Å². The van der Waals surface area contributed by atoms with E-state index in [-0.39, 0.29) is 35.5 Å². The molecule has 2 fully saturated rings. The van der Waals surface area contributed by atoms with Gasteiger partial charge in [0, 0.05) is 0 Å². The van der Waals surface area contributed by atoms with Crippen molar-refractivity contribution in [2.75, 3.05) is 0 Å². The molecule has 0 N–H and O–H groups in total. The van der Waals surface area contributed by atoms with Gasteiger partial charge in [-0.25, -0.2) is 29.1 Å². The van der Waals surface area contributed by atoms with Crippen LogP contribution < -0.4 is 9.47 Å². The monoisotopic (exact) mass is 656 g/mol. The van der Waals surface area contributed by atoms with Crippen molar-refractivity contribution < 1.29 is 57.7 Å². The van der Waals surface area contributed by atoms with Gasteiger partial charge in [0.25, 0.3) is 0 Å². The van der Waals surface area contributed by atoms with E-state index in [2.05, 4.69) is 19.6 Å². The van der Waals surface area contributed by atoms with E-state index in [9.17, 15) is 19.2 Å². The first-order chi connectivity index (χ1) is 22.5. The highest BCUT2D eigenvalue weighted by molar-refractivity contribution is 5.90. The number of carbonyl (C=O) groups is 4. The predicted octanol–water partition coefficient (Wildman–Crippen LogP) is 7.92. The summed E-state index contributed by atoms with van der Waals surface area (Å²) in [5.41, 5.74) is 0.428. The van der Waals surface area contributed by atoms with Crippen molar-refractivity contribution in [3.63, 3.8) is 0 Å². The van der Waals surface area contributed by atoms with Crippen molar-refractivity contribution in [3.8, 4) is 11.5 Å². The van der Waals surface area contributed by atoms with Crippen molar-refractivity contribution in [1.29, 1.82) is 0 Å². The van der Waals surface area contributed by atoms with Gasteiger partial charge in [-0.2, -0.15) is 9.59 Å². The number of hydrogen-bond donors (Lipinski definition) is 0. The predicted molar refractivity (Wildman–Crippen MR) is 166 cm³/mol. The van der Waals surface area contributed by atoms with E-state index < -0.39 is 24.2 Å². The molecular formula is C35H44O12. The zero-order valence-electron chi connectivity index (χ0n) is 27.3. The largest absolute Gasteiger partial charge is 0.550 e. The molecule has 0 saturated heterocycles. The van der Waals surface area contributed by atoms with Gasteiger partial charge in [-0.3, -0.25) is 0 Å². The SMILES string of the molecule is CC(C)Oc1ccc(C(=O)OOC(=O)OC2CCC(CC3CCC(OC(=O)OOC(=O)c4ccc(OC(C)C)cc4)CC3)CC2)cc1. The zero-order valence-corrected chi connectivity index (χ0v) is 27.3. The van der Waals surface area contributed by atoms with Crippen molar-refractivity contribution in [2.45, 2.75) is 110 Å². The zero-order chi connectivity index (χ0) is 33.8. The van der Waals surface area contributed by atoms with E-state index in [0.717, 1.165) is 32.1 Å². The molecule has 2 aliphatic rings. The fraction of sp³-hybridized carbons (Fsp3) is 0.543. The average molecular weight is 657 g/mol. The molecule has 0 heterocycles. The average Bonchev–Trinajstić information content (AvgIpc) is 3.04. The third-order valence-corrected chi connectivity index (χ3v) is 8.07. The molecule has 2 aliphatic carbocycles. The Hall–Kier alpha value is -4.48. The highest BCUT2D eigenvalue weighted by atomic mass is 17.2. The summed E-state index contributed by atoms with van der Waals surface area (Å²) in [5.74, 6) is 0.621. The van der Waals surface area contributed by atoms with E-state index in [0.29, 0.717) is 49.0 Å². The fourth-order valence-corrected chi connectivity index (χ4v) is 5.88. The second-order valence-corrected chi connectivity index (χ2v) is 12.5. The van der Waals surface area contributed by atoms with Gasteiger partial charge in [-0.15, -0.1) is 0 Å². The molecule has 0 aromatic heterocycles. The van der Waals surface area contributed by atoms with E-state index >= 15 is 0 Å². The standard InChI is InChI=1S/C35H44O12/c1-22(2)40-28-17-9-26(10-18-28)32(36)44-46-34(38)42-30-13-5-24(6-14-30)21-25-7-15-31(16-8-25)43-35(39)47-45-33(37)27-11-19-29(20-12-27)41-23(3)4/h9-12,17-20,22-25,30-31H,5-8,13-16,21H2,1-4H3. The lowest BCUT2D eigenvalue weighted by atomic mass is 9.76. The third kappa shape index (κ3) is 12.0. The van der Waals surface area contributed by atoms with Crippen molar-refractivity contribution >= 4 is 24.2 Å². The Kier molecular flexibility index (Phi) is 13.1. The highest BCUT2D eigenvalue weighted by Gasteiger charge is 2.30. The highest BCUT2D eigenvalue weighted by Crippen LogP contribution is 2.37. The molecule has 0 unspecified atom stereocenters. The Morgan fingerprint density at radius 3 is 1.19 bits per heavy atom. The summed E-state index contributed by atoms with van der Waals surface area (Å²) >= 11 is 0. The Balaban J connectivity index is 1.05. The van der Waals surface area contributed by atoms with Gasteiger partial charge in [-0.1, -0.05) is 0 Å². The van der Waals surface area contributed by atoms with Crippen LogP contribution >= 0.6 is 0 Å². The Morgan fingerprint density at radius 1 is 0.532 bits per heavy atom. The van der Waals surface area contributed by atoms with Crippen LogP contribution in [0.15, 0.2) is 48.5 Å². The molecule has 0 amide bonds. The topological polar surface area (TPSA) is 142 Å². The maximum atomic E-state index is 12.2. The molecule has 0 aliphatic heterocycles. The molecule has 256 valence electrons. The summed E-state index contributed by atoms with van der Waals surface area (Å²) < 4.78 is 21.8. The normalized spacial score (nSPS) is 20.9. The molecule has 2 aromatic rings. The van der Waals surface area contributed by atoms with Crippen LogP contribution in [0.5, 0.6) is 11.5 Å². The second kappa shape index (κ2) is 17.4. The van der Waals surface area contributed by atoms with E-state index in [1.54, 1.807) is 24.3 Å². The van der Waals surface area contributed by atoms with Crippen LogP contribution in [0.2, 0.25) is 0 Å². The Labute approximate surface area is 274 Å². The van der Waals surface area contributed by atoms with Gasteiger partial charge < -0.3 is 18.9 Å². The summed E-state index contributed by atoms with van der Waals surface area (Å²) in [5, 5.41) is 0. The molecule has 0 radical (unpaired) electrons. The first kappa shape index (κ1) is 35.4. The van der Waals surface area contributed by atoms with Crippen molar-refractivity contribution in [3.05, 3.63) is 59.7 Å². The van der Waals surface area contributed by atoms with Crippen LogP contribution in [-0.2, 0) is 29.0 Å². The molecule has 0 spiro atoms. The molecule has 2 aromatic carbocycles. The maximum absolute atomic E-state index is 12.2. The Morgan fingerprint density at radius 2 is 0.872 bits per heavy atom. The van der Waals surface area contributed by atoms with Crippen molar-refractivity contribution in [2.24, 2.45) is 11.8 Å². The van der Waals surface area contributed by atoms with Crippen LogP contribution in [0, 0.1) is 11.8 Å². The van der Waals surface area contributed by atoms with Crippen LogP contribution in [-0.4, -0.2) is 48.7 Å². The molecular weight excluding hydrogens is 612 g/mol. The summed E-state index contributed by atoms with van der Waals surface area (Å²) in [4.78, 5) is 67.0. The van der Waals surface area contributed by atoms with E-state index in [4.69, 9.17) is 18.9 Å². The maximum Gasteiger partial charge on any atom is 0.550 e. The Bertz CT molecular complexity index is 1200. The summed E-state index contributed by atoms with van der Waals surface area (Å²) in [6.45, 7) is 7.60. The molecule has 12 heteroatoms. The minimum Gasteiger partial charge on any atom is -0.491 e. The van der Waals surface area contributed by atoms with Crippen LogP contribution in [0.3, 0.4) is 0 Å². The lowest BCUT2D eigenvalue weighted by molar-refractivity contribution is -0.208. The molecule has 4 rings (SSSR count). The number of rotatable bonds is 10. The number of ether oxygens (including phenoxy) is 4. The summed E-state index contributed by atoms with van der Waals surface area (Å²) in [6.07, 6.45) is 4.79. The number of hydrogen-bond acceptors (Lipinski definition) is 12. The lowest BCUT2D eigenvalue weighted by Gasteiger charge is -2.33. The van der Waals surface area contributed by atoms with Gasteiger partial charge in [0.2, 0.25) is 0 Å². The molecule has 2 saturated carbocycles. The summed E-state index contributed by atoms with van der Waals surface area (Å²) in [6, 6.07) is 12.6. The second-order valence-electron chi connectivity index (χ2n) is 12.5. The minimum absolute atomic E-state index is 0.00386. The van der Waals surface area contributed by atoms with Crippen LogP contribution in [0.1, 0.15) is 106 Å². The first-order valence-electron chi connectivity index (χ1n) is 16.3. The smallest absolute Gasteiger partial charge is 0.491 e. The van der Waals surface area contributed by atoms with Gasteiger partial charge in [0.05, 0.1) is 23.3 Å². The van der Waals surface area contributed by atoms with E-state index in [1.165, 1.54) is 24.3 Å². The first-order valence-corrected chi connectivity index (χ1v) is 16.3. The molecule has 12 nitrogen and oxygen atoms in total. The van der Waals surface area contributed by atoms with Gasteiger partial charge in [-0.05, 0) is 146 Å².